The lowest BCUT2D eigenvalue weighted by molar-refractivity contribution is 0.794. The van der Waals surface area contributed by atoms with Gasteiger partial charge < -0.3 is 0 Å². The molecule has 0 radical (unpaired) electrons. The highest BCUT2D eigenvalue weighted by Crippen LogP contribution is 2.64. The predicted octanol–water partition coefficient (Wildman–Crippen LogP) is 12.3. The second kappa shape index (κ2) is 11.8. The van der Waals surface area contributed by atoms with Gasteiger partial charge in [0.05, 0.1) is 27.7 Å². The number of fused-ring (bicyclic) bond motifs is 12. The number of aromatic nitrogens is 4. The molecular weight excluding hydrogens is 681 g/mol. The van der Waals surface area contributed by atoms with Gasteiger partial charge in [0, 0.05) is 27.8 Å². The Morgan fingerprint density at radius 3 is 1.68 bits per heavy atom. The second-order valence-electron chi connectivity index (χ2n) is 14.7. The molecule has 2 aromatic heterocycles. The van der Waals surface area contributed by atoms with Gasteiger partial charge in [0.1, 0.15) is 5.82 Å². The smallest absolute Gasteiger partial charge is 0.160 e. The Kier molecular flexibility index (Phi) is 6.52. The maximum atomic E-state index is 5.47. The van der Waals surface area contributed by atoms with E-state index in [4.69, 9.17) is 15.0 Å². The van der Waals surface area contributed by atoms with Crippen molar-refractivity contribution in [3.05, 3.63) is 216 Å². The average molecular weight is 713 g/mol. The van der Waals surface area contributed by atoms with Crippen LogP contribution < -0.4 is 0 Å². The van der Waals surface area contributed by atoms with Crippen molar-refractivity contribution in [3.8, 4) is 62.0 Å². The minimum Gasteiger partial charge on any atom is -0.292 e. The van der Waals surface area contributed by atoms with Crippen LogP contribution in [0.15, 0.2) is 194 Å². The molecule has 56 heavy (non-hydrogen) atoms. The molecule has 4 nitrogen and oxygen atoms in total. The molecule has 2 aliphatic carbocycles. The van der Waals surface area contributed by atoms with E-state index in [2.05, 4.69) is 187 Å². The minimum atomic E-state index is -0.424. The van der Waals surface area contributed by atoms with Crippen LogP contribution in [0.2, 0.25) is 0 Å². The lowest BCUT2D eigenvalue weighted by Crippen LogP contribution is -2.25. The Bertz CT molecular complexity index is 3150. The van der Waals surface area contributed by atoms with E-state index in [-0.39, 0.29) is 0 Å². The molecule has 2 heterocycles. The normalized spacial score (nSPS) is 13.1. The first-order valence-electron chi connectivity index (χ1n) is 19.1. The number of rotatable bonds is 4. The van der Waals surface area contributed by atoms with Crippen LogP contribution in [0.3, 0.4) is 0 Å². The van der Waals surface area contributed by atoms with E-state index in [1.54, 1.807) is 0 Å². The van der Waals surface area contributed by atoms with Crippen molar-refractivity contribution in [2.75, 3.05) is 0 Å². The molecule has 8 aromatic carbocycles. The molecule has 260 valence electrons. The van der Waals surface area contributed by atoms with E-state index in [1.807, 2.05) is 12.1 Å². The maximum absolute atomic E-state index is 5.47. The van der Waals surface area contributed by atoms with Gasteiger partial charge in [-0.2, -0.15) is 0 Å². The molecule has 0 aliphatic heterocycles. The first kappa shape index (κ1) is 31.0. The summed E-state index contributed by atoms with van der Waals surface area (Å²) >= 11 is 0. The van der Waals surface area contributed by atoms with Crippen LogP contribution in [0.4, 0.5) is 0 Å². The zero-order valence-corrected chi connectivity index (χ0v) is 30.3. The van der Waals surface area contributed by atoms with Crippen LogP contribution in [-0.2, 0) is 5.41 Å². The summed E-state index contributed by atoms with van der Waals surface area (Å²) < 4.78 is 2.23. The predicted molar refractivity (Wildman–Crippen MR) is 227 cm³/mol. The average Bonchev–Trinajstić information content (AvgIpc) is 3.91. The van der Waals surface area contributed by atoms with Crippen molar-refractivity contribution in [1.82, 2.24) is 19.5 Å². The Hall–Kier alpha value is -7.43. The fourth-order valence-corrected chi connectivity index (χ4v) is 9.58. The van der Waals surface area contributed by atoms with Crippen LogP contribution in [0.25, 0.3) is 83.9 Å². The molecule has 0 saturated carbocycles. The van der Waals surface area contributed by atoms with Crippen molar-refractivity contribution in [2.45, 2.75) is 5.41 Å². The van der Waals surface area contributed by atoms with Gasteiger partial charge >= 0.3 is 0 Å². The third-order valence-electron chi connectivity index (χ3n) is 11.9. The van der Waals surface area contributed by atoms with Gasteiger partial charge in [-0.3, -0.25) is 4.57 Å². The van der Waals surface area contributed by atoms with E-state index in [0.29, 0.717) is 5.82 Å². The highest BCUT2D eigenvalue weighted by atomic mass is 15.1. The summed E-state index contributed by atoms with van der Waals surface area (Å²) in [6, 6.07) is 69.4. The number of para-hydroxylation sites is 4. The van der Waals surface area contributed by atoms with Crippen molar-refractivity contribution in [2.24, 2.45) is 0 Å². The highest BCUT2D eigenvalue weighted by Gasteiger charge is 2.52. The summed E-state index contributed by atoms with van der Waals surface area (Å²) in [5.74, 6) is 1.59. The molecule has 4 heteroatoms. The molecule has 0 bridgehead atoms. The molecule has 10 aromatic rings. The molecule has 12 rings (SSSR count). The lowest BCUT2D eigenvalue weighted by Gasteiger charge is -2.30. The van der Waals surface area contributed by atoms with Crippen molar-refractivity contribution in [1.29, 1.82) is 0 Å². The summed E-state index contributed by atoms with van der Waals surface area (Å²) in [5.41, 5.74) is 18.0. The van der Waals surface area contributed by atoms with E-state index in [0.717, 1.165) is 55.8 Å². The zero-order chi connectivity index (χ0) is 36.8. The van der Waals surface area contributed by atoms with Crippen LogP contribution in [0.5, 0.6) is 0 Å². The molecular formula is C52H32N4. The fourth-order valence-electron chi connectivity index (χ4n) is 9.58. The van der Waals surface area contributed by atoms with Gasteiger partial charge in [0.25, 0.3) is 0 Å². The Labute approximate surface area is 324 Å². The number of nitrogens with zero attached hydrogens (tertiary/aromatic N) is 4. The molecule has 1 spiro atoms. The molecule has 0 saturated heterocycles. The van der Waals surface area contributed by atoms with Crippen molar-refractivity contribution in [3.63, 3.8) is 0 Å². The quantitative estimate of drug-likeness (QED) is 0.182. The van der Waals surface area contributed by atoms with Gasteiger partial charge in [-0.05, 0) is 74.8 Å². The van der Waals surface area contributed by atoms with Crippen molar-refractivity contribution >= 4 is 21.9 Å². The zero-order valence-electron chi connectivity index (χ0n) is 30.3. The first-order chi connectivity index (χ1) is 27.8. The Morgan fingerprint density at radius 1 is 0.375 bits per heavy atom. The van der Waals surface area contributed by atoms with E-state index >= 15 is 0 Å². The number of hydrogen-bond donors (Lipinski definition) is 0. The maximum Gasteiger partial charge on any atom is 0.160 e. The number of benzene rings is 8. The SMILES string of the molecule is c1ccc(-n2c(-c3ccc(-c4nc(-c5cccc6c5-c5ccccc5C65c6ccccc6-c6ccccc65)c5ccccc5n4)cc3)nc3ccccc32)cc1. The third-order valence-corrected chi connectivity index (χ3v) is 11.9. The van der Waals surface area contributed by atoms with Gasteiger partial charge in [-0.1, -0.05) is 164 Å². The van der Waals surface area contributed by atoms with Gasteiger partial charge in [-0.25, -0.2) is 15.0 Å². The Balaban J connectivity index is 1.05. The van der Waals surface area contributed by atoms with E-state index in [9.17, 15) is 0 Å². The highest BCUT2D eigenvalue weighted by molar-refractivity contribution is 6.04. The molecule has 0 amide bonds. The largest absolute Gasteiger partial charge is 0.292 e. The van der Waals surface area contributed by atoms with Gasteiger partial charge in [0.15, 0.2) is 5.82 Å². The summed E-state index contributed by atoms with van der Waals surface area (Å²) in [5, 5.41) is 1.03. The molecule has 0 atom stereocenters. The standard InChI is InChI=1S/C52H32N4/c1-2-15-35(16-3-1)56-47-28-13-12-27-46(47)54-51(56)34-31-29-33(30-32-34)50-53-45-26-11-7-20-39(45)49(55-50)40-21-14-25-44-48(40)38-19-6-10-24-43(38)52(44)41-22-8-4-17-36(41)37-18-5-9-23-42(37)52/h1-32H. The number of hydrogen-bond acceptors (Lipinski definition) is 3. The lowest BCUT2D eigenvalue weighted by atomic mass is 9.70. The van der Waals surface area contributed by atoms with Crippen molar-refractivity contribution < 1.29 is 0 Å². The molecule has 0 fully saturated rings. The van der Waals surface area contributed by atoms with Crippen LogP contribution in [0, 0.1) is 0 Å². The van der Waals surface area contributed by atoms with Crippen LogP contribution in [0.1, 0.15) is 22.3 Å². The third kappa shape index (κ3) is 4.21. The van der Waals surface area contributed by atoms with Gasteiger partial charge in [-0.15, -0.1) is 0 Å². The van der Waals surface area contributed by atoms with E-state index < -0.39 is 5.41 Å². The molecule has 0 unspecified atom stereocenters. The first-order valence-corrected chi connectivity index (χ1v) is 19.1. The topological polar surface area (TPSA) is 43.6 Å². The Morgan fingerprint density at radius 2 is 0.929 bits per heavy atom. The second-order valence-corrected chi connectivity index (χ2v) is 14.7. The summed E-state index contributed by atoms with van der Waals surface area (Å²) in [6.07, 6.45) is 0. The summed E-state index contributed by atoms with van der Waals surface area (Å²) in [7, 11) is 0. The minimum absolute atomic E-state index is 0.424. The molecule has 0 N–H and O–H groups in total. The van der Waals surface area contributed by atoms with Crippen LogP contribution >= 0.6 is 0 Å². The number of imidazole rings is 1. The molecule has 2 aliphatic rings. The monoisotopic (exact) mass is 712 g/mol. The summed E-state index contributed by atoms with van der Waals surface area (Å²) in [6.45, 7) is 0. The van der Waals surface area contributed by atoms with Gasteiger partial charge in [0.2, 0.25) is 0 Å². The fraction of sp³-hybridized carbons (Fsp3) is 0.0192. The van der Waals surface area contributed by atoms with Crippen LogP contribution in [-0.4, -0.2) is 19.5 Å². The van der Waals surface area contributed by atoms with E-state index in [1.165, 1.54) is 44.5 Å². The summed E-state index contributed by atoms with van der Waals surface area (Å²) in [4.78, 5) is 15.7.